The van der Waals surface area contributed by atoms with Crippen LogP contribution in [-0.4, -0.2) is 22.5 Å². The van der Waals surface area contributed by atoms with Gasteiger partial charge in [0.1, 0.15) is 6.61 Å². The second kappa shape index (κ2) is 5.13. The number of hydrogen-bond donors (Lipinski definition) is 1. The summed E-state index contributed by atoms with van der Waals surface area (Å²) in [6.07, 6.45) is 5.77. The molecule has 0 spiro atoms. The van der Waals surface area contributed by atoms with E-state index >= 15 is 0 Å². The van der Waals surface area contributed by atoms with E-state index in [9.17, 15) is 0 Å². The molecule has 1 aromatic rings. The maximum absolute atomic E-state index is 5.04. The fourth-order valence-electron chi connectivity index (χ4n) is 3.71. The van der Waals surface area contributed by atoms with E-state index in [2.05, 4.69) is 21.6 Å². The Bertz CT molecular complexity index is 409. The fourth-order valence-corrected chi connectivity index (χ4v) is 4.38. The van der Waals surface area contributed by atoms with Crippen LogP contribution in [0.1, 0.15) is 38.4 Å². The van der Waals surface area contributed by atoms with Gasteiger partial charge in [0.2, 0.25) is 5.13 Å². The van der Waals surface area contributed by atoms with Crippen LogP contribution in [0.2, 0.25) is 0 Å². The molecule has 2 saturated carbocycles. The largest absolute Gasteiger partial charge is 0.377 e. The molecule has 5 heteroatoms. The Morgan fingerprint density at radius 2 is 2.33 bits per heavy atom. The average molecular weight is 267 g/mol. The van der Waals surface area contributed by atoms with Gasteiger partial charge in [-0.1, -0.05) is 6.42 Å². The van der Waals surface area contributed by atoms with Crippen molar-refractivity contribution in [2.24, 2.45) is 17.8 Å². The number of nitrogens with one attached hydrogen (secondary N) is 1. The fraction of sp³-hybridized carbons (Fsp3) is 0.846. The first kappa shape index (κ1) is 12.4. The van der Waals surface area contributed by atoms with Gasteiger partial charge in [0.25, 0.3) is 0 Å². The van der Waals surface area contributed by atoms with E-state index in [0.29, 0.717) is 12.6 Å². The number of nitrogens with zero attached hydrogens (tertiary/aromatic N) is 2. The molecule has 18 heavy (non-hydrogen) atoms. The summed E-state index contributed by atoms with van der Waals surface area (Å²) in [4.78, 5) is 4.44. The monoisotopic (exact) mass is 267 g/mol. The zero-order valence-electron chi connectivity index (χ0n) is 11.1. The molecule has 2 bridgehead atoms. The molecule has 0 saturated heterocycles. The first-order valence-electron chi connectivity index (χ1n) is 6.84. The second-order valence-electron chi connectivity index (χ2n) is 5.72. The Morgan fingerprint density at radius 3 is 3.00 bits per heavy atom. The van der Waals surface area contributed by atoms with Gasteiger partial charge in [-0.25, -0.2) is 4.98 Å². The molecule has 1 aromatic heterocycles. The SMILES string of the molecule is COCc1nsc(NC(C)C2CC3CCC2C3)n1. The summed E-state index contributed by atoms with van der Waals surface area (Å²) in [5.74, 6) is 3.57. The number of fused-ring (bicyclic) bond motifs is 2. The quantitative estimate of drug-likeness (QED) is 0.891. The first-order chi connectivity index (χ1) is 8.76. The Balaban J connectivity index is 1.58. The van der Waals surface area contributed by atoms with Crippen molar-refractivity contribution in [1.82, 2.24) is 9.36 Å². The lowest BCUT2D eigenvalue weighted by Crippen LogP contribution is -2.29. The summed E-state index contributed by atoms with van der Waals surface area (Å²) in [7, 11) is 1.67. The van der Waals surface area contributed by atoms with Crippen molar-refractivity contribution in [2.75, 3.05) is 12.4 Å². The number of ether oxygens (including phenoxy) is 1. The molecule has 1 N–H and O–H groups in total. The number of hydrogen-bond acceptors (Lipinski definition) is 5. The molecule has 4 unspecified atom stereocenters. The molecule has 3 rings (SSSR count). The Kier molecular flexibility index (Phi) is 3.52. The molecule has 2 aliphatic rings. The predicted octanol–water partition coefficient (Wildman–Crippen LogP) is 2.92. The summed E-state index contributed by atoms with van der Waals surface area (Å²) < 4.78 is 9.32. The second-order valence-corrected chi connectivity index (χ2v) is 6.47. The van der Waals surface area contributed by atoms with Gasteiger partial charge >= 0.3 is 0 Å². The highest BCUT2D eigenvalue weighted by Gasteiger charge is 2.41. The van der Waals surface area contributed by atoms with E-state index in [1.165, 1.54) is 37.2 Å². The minimum atomic E-state index is 0.501. The van der Waals surface area contributed by atoms with Crippen LogP contribution in [0.25, 0.3) is 0 Å². The summed E-state index contributed by atoms with van der Waals surface area (Å²) in [6.45, 7) is 2.80. The maximum Gasteiger partial charge on any atom is 0.202 e. The number of methoxy groups -OCH3 is 1. The minimum Gasteiger partial charge on any atom is -0.377 e. The van der Waals surface area contributed by atoms with Crippen LogP contribution < -0.4 is 5.32 Å². The van der Waals surface area contributed by atoms with Crippen LogP contribution in [0.4, 0.5) is 5.13 Å². The predicted molar refractivity (Wildman–Crippen MR) is 72.6 cm³/mol. The third kappa shape index (κ3) is 2.38. The molecular weight excluding hydrogens is 246 g/mol. The van der Waals surface area contributed by atoms with Crippen LogP contribution in [0.3, 0.4) is 0 Å². The average Bonchev–Trinajstić information content (AvgIpc) is 3.05. The van der Waals surface area contributed by atoms with Gasteiger partial charge in [-0.2, -0.15) is 4.37 Å². The smallest absolute Gasteiger partial charge is 0.202 e. The van der Waals surface area contributed by atoms with E-state index in [1.54, 1.807) is 7.11 Å². The van der Waals surface area contributed by atoms with Gasteiger partial charge in [-0.15, -0.1) is 0 Å². The number of rotatable bonds is 5. The van der Waals surface area contributed by atoms with Gasteiger partial charge in [0, 0.05) is 24.7 Å². The lowest BCUT2D eigenvalue weighted by molar-refractivity contribution is 0.179. The summed E-state index contributed by atoms with van der Waals surface area (Å²) in [5, 5.41) is 4.48. The molecule has 0 amide bonds. The third-order valence-electron chi connectivity index (χ3n) is 4.53. The first-order valence-corrected chi connectivity index (χ1v) is 7.61. The van der Waals surface area contributed by atoms with Gasteiger partial charge in [-0.05, 0) is 43.9 Å². The molecular formula is C13H21N3OS. The van der Waals surface area contributed by atoms with Crippen molar-refractivity contribution in [2.45, 2.75) is 45.3 Å². The highest BCUT2D eigenvalue weighted by molar-refractivity contribution is 7.09. The highest BCUT2D eigenvalue weighted by Crippen LogP contribution is 2.49. The van der Waals surface area contributed by atoms with Gasteiger partial charge in [0.05, 0.1) is 0 Å². The van der Waals surface area contributed by atoms with Gasteiger partial charge < -0.3 is 10.1 Å². The molecule has 0 aromatic carbocycles. The van der Waals surface area contributed by atoms with Crippen molar-refractivity contribution in [3.63, 3.8) is 0 Å². The Morgan fingerprint density at radius 1 is 1.44 bits per heavy atom. The zero-order valence-corrected chi connectivity index (χ0v) is 11.9. The Hall–Kier alpha value is -0.680. The van der Waals surface area contributed by atoms with Crippen LogP contribution in [0, 0.1) is 17.8 Å². The number of aromatic nitrogens is 2. The van der Waals surface area contributed by atoms with E-state index in [4.69, 9.17) is 4.74 Å². The highest BCUT2D eigenvalue weighted by atomic mass is 32.1. The maximum atomic E-state index is 5.04. The van der Waals surface area contributed by atoms with Crippen molar-refractivity contribution in [1.29, 1.82) is 0 Å². The topological polar surface area (TPSA) is 47.0 Å². The molecule has 0 radical (unpaired) electrons. The van der Waals surface area contributed by atoms with Crippen LogP contribution in [0.5, 0.6) is 0 Å². The van der Waals surface area contributed by atoms with Crippen LogP contribution in [0.15, 0.2) is 0 Å². The normalized spacial score (nSPS) is 31.8. The van der Waals surface area contributed by atoms with Crippen molar-refractivity contribution >= 4 is 16.7 Å². The summed E-state index contributed by atoms with van der Waals surface area (Å²) in [5.41, 5.74) is 0. The third-order valence-corrected chi connectivity index (χ3v) is 5.21. The van der Waals surface area contributed by atoms with E-state index in [1.807, 2.05) is 0 Å². The minimum absolute atomic E-state index is 0.501. The summed E-state index contributed by atoms with van der Waals surface area (Å²) in [6, 6.07) is 0.517. The van der Waals surface area contributed by atoms with Crippen molar-refractivity contribution < 1.29 is 4.74 Å². The molecule has 1 heterocycles. The van der Waals surface area contributed by atoms with E-state index in [0.717, 1.165) is 28.7 Å². The molecule has 2 fully saturated rings. The molecule has 0 aliphatic heterocycles. The standard InChI is InChI=1S/C13H21N3OS/c1-8(11-6-9-3-4-10(11)5-9)14-13-15-12(7-17-2)16-18-13/h8-11H,3-7H2,1-2H3,(H,14,15,16). The molecule has 4 atom stereocenters. The van der Waals surface area contributed by atoms with E-state index < -0.39 is 0 Å². The molecule has 4 nitrogen and oxygen atoms in total. The molecule has 100 valence electrons. The summed E-state index contributed by atoms with van der Waals surface area (Å²) >= 11 is 1.44. The Labute approximate surface area is 112 Å². The van der Waals surface area contributed by atoms with Crippen LogP contribution >= 0.6 is 11.5 Å². The van der Waals surface area contributed by atoms with Crippen LogP contribution in [-0.2, 0) is 11.3 Å². The number of anilines is 1. The van der Waals surface area contributed by atoms with Crippen molar-refractivity contribution in [3.8, 4) is 0 Å². The van der Waals surface area contributed by atoms with Crippen molar-refractivity contribution in [3.05, 3.63) is 5.82 Å². The lowest BCUT2D eigenvalue weighted by Gasteiger charge is -2.28. The van der Waals surface area contributed by atoms with Gasteiger partial charge in [-0.3, -0.25) is 0 Å². The zero-order chi connectivity index (χ0) is 12.5. The van der Waals surface area contributed by atoms with Gasteiger partial charge in [0.15, 0.2) is 5.82 Å². The van der Waals surface area contributed by atoms with E-state index in [-0.39, 0.29) is 0 Å². The lowest BCUT2D eigenvalue weighted by atomic mass is 9.84. The molecule has 2 aliphatic carbocycles.